The fourth-order valence-corrected chi connectivity index (χ4v) is 7.18. The van der Waals surface area contributed by atoms with Crippen LogP contribution in [-0.2, 0) is 52.7 Å². The normalized spacial score (nSPS) is 12.2. The number of carbonyl (C=O) groups is 4. The van der Waals surface area contributed by atoms with Crippen LogP contribution in [0, 0.1) is 0 Å². The van der Waals surface area contributed by atoms with E-state index < -0.39 is 19.1 Å². The van der Waals surface area contributed by atoms with Gasteiger partial charge in [-0.1, -0.05) is 36.4 Å². The van der Waals surface area contributed by atoms with Crippen LogP contribution in [0.25, 0.3) is 11.1 Å². The minimum atomic E-state index is -1.36. The molecule has 336 valence electrons. The molecule has 2 aliphatic heterocycles. The molecule has 0 spiro atoms. The Labute approximate surface area is 390 Å². The van der Waals surface area contributed by atoms with Gasteiger partial charge < -0.3 is 44.6 Å². The molecule has 2 heterocycles. The number of carbonyl (C=O) groups excluding carboxylic acids is 2. The van der Waals surface area contributed by atoms with Crippen molar-refractivity contribution in [2.45, 2.75) is 62.4 Å². The molecule has 4 aromatic carbocycles. The van der Waals surface area contributed by atoms with Gasteiger partial charge in [-0.15, -0.1) is 23.5 Å². The van der Waals surface area contributed by atoms with Crippen LogP contribution in [0.15, 0.2) is 99.2 Å². The first kappa shape index (κ1) is 57.1. The summed E-state index contributed by atoms with van der Waals surface area (Å²) in [5.74, 6) is 0.523. The molecule has 0 saturated carbocycles. The van der Waals surface area contributed by atoms with Crippen molar-refractivity contribution >= 4 is 75.8 Å². The summed E-state index contributed by atoms with van der Waals surface area (Å²) >= 11 is 6.75. The molecule has 2 aliphatic rings. The molecule has 0 aromatic heterocycles. The summed E-state index contributed by atoms with van der Waals surface area (Å²) in [5, 5.41) is 39.4. The van der Waals surface area contributed by atoms with Crippen molar-refractivity contribution in [2.75, 3.05) is 46.9 Å². The Hall–Kier alpha value is -3.85. The largest absolute Gasteiger partial charge is 0.496 e. The van der Waals surface area contributed by atoms with E-state index in [1.807, 2.05) is 52.5 Å². The van der Waals surface area contributed by atoms with Crippen molar-refractivity contribution in [3.8, 4) is 22.6 Å². The molecule has 61 heavy (non-hydrogen) atoms. The first-order valence-electron chi connectivity index (χ1n) is 18.6. The predicted molar refractivity (Wildman–Crippen MR) is 243 cm³/mol. The van der Waals surface area contributed by atoms with Gasteiger partial charge in [0.1, 0.15) is 11.5 Å². The van der Waals surface area contributed by atoms with E-state index in [0.717, 1.165) is 90.0 Å². The number of amides is 2. The summed E-state index contributed by atoms with van der Waals surface area (Å²) in [7, 11) is 2.98. The van der Waals surface area contributed by atoms with Crippen molar-refractivity contribution in [3.05, 3.63) is 101 Å². The summed E-state index contributed by atoms with van der Waals surface area (Å²) in [6, 6.07) is 27.7. The zero-order chi connectivity index (χ0) is 45.2. The summed E-state index contributed by atoms with van der Waals surface area (Å²) in [4.78, 5) is 47.4. The number of benzene rings is 4. The third-order valence-corrected chi connectivity index (χ3v) is 10.4. The molecule has 5 N–H and O–H groups in total. The van der Waals surface area contributed by atoms with E-state index in [2.05, 4.69) is 52.5 Å². The molecule has 13 nitrogen and oxygen atoms in total. The number of likely N-dealkylation sites (tertiary alicyclic amines) is 2. The zero-order valence-electron chi connectivity index (χ0n) is 35.4. The number of hydrogen-bond donors (Lipinski definition) is 5. The van der Waals surface area contributed by atoms with Crippen molar-refractivity contribution in [2.24, 2.45) is 0 Å². The maximum Gasteiger partial charge on any atom is 0.488 e. The molecular formula is C43H56BBrN2O11PdS2. The van der Waals surface area contributed by atoms with Gasteiger partial charge in [0, 0.05) is 95.8 Å². The number of hydrogen-bond acceptors (Lipinski definition) is 11. The van der Waals surface area contributed by atoms with E-state index in [4.69, 9.17) is 44.4 Å². The maximum atomic E-state index is 11.8. The van der Waals surface area contributed by atoms with Gasteiger partial charge >= 0.3 is 7.12 Å². The monoisotopic (exact) mass is 1040 g/mol. The molecule has 4 aromatic rings. The molecular weight excluding hydrogens is 982 g/mol. The van der Waals surface area contributed by atoms with E-state index in [1.165, 1.54) is 4.90 Å². The van der Waals surface area contributed by atoms with Crippen LogP contribution in [0.3, 0.4) is 0 Å². The van der Waals surface area contributed by atoms with E-state index in [0.29, 0.717) is 31.4 Å². The van der Waals surface area contributed by atoms with Gasteiger partial charge in [0.15, 0.2) is 0 Å². The molecule has 0 atom stereocenters. The molecule has 2 saturated heterocycles. The minimum absolute atomic E-state index is 0. The number of halogens is 1. The summed E-state index contributed by atoms with van der Waals surface area (Å²) < 4.78 is 11.6. The predicted octanol–water partition coefficient (Wildman–Crippen LogP) is 6.66. The number of thioether (sulfide) groups is 2. The van der Waals surface area contributed by atoms with Gasteiger partial charge in [-0.3, -0.25) is 19.2 Å². The molecule has 2 fully saturated rings. The van der Waals surface area contributed by atoms with Crippen LogP contribution in [0.2, 0.25) is 0 Å². The Morgan fingerprint density at radius 2 is 1.15 bits per heavy atom. The number of aliphatic hydroxyl groups is 1. The Kier molecular flexibility index (Phi) is 29.9. The van der Waals surface area contributed by atoms with Crippen molar-refractivity contribution in [1.29, 1.82) is 0 Å². The van der Waals surface area contributed by atoms with Crippen LogP contribution < -0.4 is 14.9 Å². The van der Waals surface area contributed by atoms with Gasteiger partial charge in [0.05, 0.1) is 18.7 Å². The average molecular weight is 1040 g/mol. The Bertz CT molecular complexity index is 1940. The van der Waals surface area contributed by atoms with E-state index >= 15 is 0 Å². The standard InChI is InChI=1S/C19H21NO2S.C12H14BrNO2.C7H9BO2S.2C2H4O2.CH4O.Pd/c1-22-18-9-8-14(13-20-10-4-7-19(20)21)11-17(18)15-5-3-6-16(12-15)23-2;1-16-11-5-4-9(7-10(11)13)8-14-6-2-3-12(14)15;1-11-7-4-2-3-6(5-7)8(9)10;2*1-2(3)4;1-2;/h3,5-6,8-9,11-12H,4,7,10,13H2,1-2H3;4-5,7H,2-3,6,8H2,1H3;2-5,9-10H,1H3;2*1H3,(H,3,4);2H,1H3;. The van der Waals surface area contributed by atoms with E-state index in [9.17, 15) is 9.59 Å². The topological polar surface area (TPSA) is 194 Å². The van der Waals surface area contributed by atoms with Gasteiger partial charge in [-0.25, -0.2) is 0 Å². The number of rotatable bonds is 10. The third-order valence-electron chi connectivity index (χ3n) is 8.34. The van der Waals surface area contributed by atoms with E-state index in [1.54, 1.807) is 55.9 Å². The molecule has 0 bridgehead atoms. The molecule has 18 heteroatoms. The number of aliphatic carboxylic acids is 2. The molecule has 6 rings (SSSR count). The number of nitrogens with zero attached hydrogens (tertiary/aromatic N) is 2. The number of aliphatic hydroxyl groups excluding tert-OH is 1. The first-order valence-corrected chi connectivity index (χ1v) is 21.9. The second-order valence-electron chi connectivity index (χ2n) is 12.8. The van der Waals surface area contributed by atoms with Crippen molar-refractivity contribution < 1.29 is 74.4 Å². The summed E-state index contributed by atoms with van der Waals surface area (Å²) in [6.45, 7) is 5.28. The Morgan fingerprint density at radius 1 is 0.705 bits per heavy atom. The minimum Gasteiger partial charge on any atom is -0.496 e. The molecule has 0 radical (unpaired) electrons. The number of carboxylic acid groups (broad SMARTS) is 2. The summed E-state index contributed by atoms with van der Waals surface area (Å²) in [6.07, 6.45) is 7.35. The Balaban J connectivity index is 0.000000827. The van der Waals surface area contributed by atoms with Gasteiger partial charge in [0.2, 0.25) is 11.8 Å². The SMILES string of the molecule is CC(=O)O.CC(=O)O.CO.COc1ccc(CN2CCCC2=O)cc1-c1cccc(SC)c1.COc1ccc(CN2CCCC2=O)cc1Br.CSc1cccc(B(O)O)c1.[Pd]. The van der Waals surface area contributed by atoms with Gasteiger partial charge in [0.25, 0.3) is 11.9 Å². The fourth-order valence-electron chi connectivity index (χ4n) is 5.66. The number of carboxylic acids is 2. The van der Waals surface area contributed by atoms with Crippen LogP contribution in [0.4, 0.5) is 0 Å². The van der Waals surface area contributed by atoms with E-state index in [-0.39, 0.29) is 32.2 Å². The second-order valence-corrected chi connectivity index (χ2v) is 15.4. The van der Waals surface area contributed by atoms with Gasteiger partial charge in [-0.05, 0) is 112 Å². The second kappa shape index (κ2) is 31.9. The third kappa shape index (κ3) is 22.2. The molecule has 0 unspecified atom stereocenters. The van der Waals surface area contributed by atoms with Crippen LogP contribution in [0.1, 0.15) is 50.7 Å². The average Bonchev–Trinajstić information content (AvgIpc) is 3.84. The van der Waals surface area contributed by atoms with Crippen molar-refractivity contribution in [1.82, 2.24) is 9.80 Å². The van der Waals surface area contributed by atoms with Gasteiger partial charge in [-0.2, -0.15) is 0 Å². The Morgan fingerprint density at radius 3 is 1.56 bits per heavy atom. The van der Waals surface area contributed by atoms with Crippen LogP contribution in [-0.4, -0.2) is 113 Å². The quantitative estimate of drug-likeness (QED) is 0.0837. The smallest absolute Gasteiger partial charge is 0.488 e. The van der Waals surface area contributed by atoms with Crippen LogP contribution >= 0.6 is 39.5 Å². The number of ether oxygens (including phenoxy) is 2. The number of methoxy groups -OCH3 is 2. The molecule has 0 aliphatic carbocycles. The maximum absolute atomic E-state index is 11.8. The zero-order valence-corrected chi connectivity index (χ0v) is 40.2. The first-order chi connectivity index (χ1) is 28.6. The van der Waals surface area contributed by atoms with Crippen LogP contribution in [0.5, 0.6) is 11.5 Å². The molecule has 2 amide bonds. The van der Waals surface area contributed by atoms with Crippen molar-refractivity contribution in [3.63, 3.8) is 0 Å². The fraction of sp³-hybridized carbons (Fsp3) is 0.349. The summed E-state index contributed by atoms with van der Waals surface area (Å²) in [5.41, 5.74) is 5.03.